The van der Waals surface area contributed by atoms with Crippen molar-refractivity contribution in [3.05, 3.63) is 0 Å². The molecular weight excluding hydrogens is 207 g/mol. The summed E-state index contributed by atoms with van der Waals surface area (Å²) >= 11 is 0.956. The molecule has 2 unspecified atom stereocenters. The van der Waals surface area contributed by atoms with Crippen LogP contribution in [0.3, 0.4) is 0 Å². The Balaban J connectivity index is 2.14. The summed E-state index contributed by atoms with van der Waals surface area (Å²) in [5.74, 6) is -0.103. The van der Waals surface area contributed by atoms with Crippen LogP contribution < -0.4 is 0 Å². The van der Waals surface area contributed by atoms with E-state index in [2.05, 4.69) is 0 Å². The number of carbonyl (C=O) groups excluding carboxylic acids is 2. The van der Waals surface area contributed by atoms with Gasteiger partial charge in [-0.2, -0.15) is 0 Å². The molecule has 0 spiro atoms. The van der Waals surface area contributed by atoms with Crippen molar-refractivity contribution in [1.29, 1.82) is 0 Å². The summed E-state index contributed by atoms with van der Waals surface area (Å²) in [6, 6.07) is -0.574. The van der Waals surface area contributed by atoms with Gasteiger partial charge < -0.3 is 4.90 Å². The molecule has 2 atom stereocenters. The van der Waals surface area contributed by atoms with E-state index >= 15 is 0 Å². The van der Waals surface area contributed by atoms with E-state index in [1.807, 2.05) is 0 Å². The molecule has 2 saturated heterocycles. The molecule has 0 bridgehead atoms. The molecule has 2 aliphatic heterocycles. The Morgan fingerprint density at radius 2 is 2.14 bits per heavy atom. The molecule has 0 aromatic rings. The lowest BCUT2D eigenvalue weighted by atomic mass is 10.2. The van der Waals surface area contributed by atoms with Gasteiger partial charge in [-0.1, -0.05) is 11.8 Å². The van der Waals surface area contributed by atoms with Crippen LogP contribution in [0.4, 0.5) is 9.18 Å². The van der Waals surface area contributed by atoms with E-state index in [1.165, 1.54) is 0 Å². The van der Waals surface area contributed by atoms with Crippen LogP contribution in [0.2, 0.25) is 0 Å². The zero-order valence-electron chi connectivity index (χ0n) is 7.77. The molecule has 0 saturated carbocycles. The molecule has 2 fully saturated rings. The van der Waals surface area contributed by atoms with Gasteiger partial charge in [-0.3, -0.25) is 14.5 Å². The molecule has 4 nitrogen and oxygen atoms in total. The summed E-state index contributed by atoms with van der Waals surface area (Å²) in [5.41, 5.74) is 0. The summed E-state index contributed by atoms with van der Waals surface area (Å²) in [5, 5.41) is -0.307. The van der Waals surface area contributed by atoms with Crippen LogP contribution in [0.5, 0.6) is 0 Å². The molecule has 2 heterocycles. The summed E-state index contributed by atoms with van der Waals surface area (Å²) in [6.07, 6.45) is -1.11. The van der Waals surface area contributed by atoms with Crippen LogP contribution >= 0.6 is 11.8 Å². The topological polar surface area (TPSA) is 40.6 Å². The average Bonchev–Trinajstić information content (AvgIpc) is 2.57. The van der Waals surface area contributed by atoms with Crippen LogP contribution in [-0.4, -0.2) is 59.0 Å². The normalized spacial score (nSPS) is 34.6. The summed E-state index contributed by atoms with van der Waals surface area (Å²) in [6.45, 7) is 0.742. The average molecular weight is 218 g/mol. The van der Waals surface area contributed by atoms with Crippen molar-refractivity contribution in [3.8, 4) is 0 Å². The third kappa shape index (κ3) is 1.52. The molecule has 78 valence electrons. The Hall–Kier alpha value is -0.620. The van der Waals surface area contributed by atoms with Gasteiger partial charge in [-0.15, -0.1) is 0 Å². The van der Waals surface area contributed by atoms with Gasteiger partial charge in [0, 0.05) is 13.1 Å². The number of rotatable bonds is 1. The lowest BCUT2D eigenvalue weighted by Crippen LogP contribution is -2.44. The number of imide groups is 1. The smallest absolute Gasteiger partial charge is 0.289 e. The van der Waals surface area contributed by atoms with Gasteiger partial charge in [0.2, 0.25) is 5.91 Å². The van der Waals surface area contributed by atoms with Gasteiger partial charge >= 0.3 is 0 Å². The number of amides is 2. The van der Waals surface area contributed by atoms with E-state index in [1.54, 1.807) is 11.9 Å². The Morgan fingerprint density at radius 1 is 1.43 bits per heavy atom. The number of alkyl halides is 1. The van der Waals surface area contributed by atoms with Gasteiger partial charge in [0.25, 0.3) is 5.24 Å². The molecule has 0 radical (unpaired) electrons. The summed E-state index contributed by atoms with van der Waals surface area (Å²) < 4.78 is 13.4. The van der Waals surface area contributed by atoms with E-state index in [-0.39, 0.29) is 16.9 Å². The quantitative estimate of drug-likeness (QED) is 0.636. The molecule has 6 heteroatoms. The van der Waals surface area contributed by atoms with E-state index in [9.17, 15) is 14.0 Å². The molecule has 14 heavy (non-hydrogen) atoms. The van der Waals surface area contributed by atoms with Crippen LogP contribution in [0.1, 0.15) is 0 Å². The predicted octanol–water partition coefficient (Wildman–Crippen LogP) is 0.334. The number of hydrogen-bond donors (Lipinski definition) is 0. The van der Waals surface area contributed by atoms with Crippen molar-refractivity contribution in [2.75, 3.05) is 25.9 Å². The van der Waals surface area contributed by atoms with Crippen molar-refractivity contribution < 1.29 is 14.0 Å². The highest BCUT2D eigenvalue weighted by Crippen LogP contribution is 2.27. The van der Waals surface area contributed by atoms with Crippen molar-refractivity contribution in [2.45, 2.75) is 12.2 Å². The fraction of sp³-hybridized carbons (Fsp3) is 0.750. The minimum atomic E-state index is -1.11. The Bertz CT molecular complexity index is 271. The largest absolute Gasteiger partial charge is 0.301 e. The maximum atomic E-state index is 13.4. The number of halogens is 1. The van der Waals surface area contributed by atoms with Crippen molar-refractivity contribution >= 4 is 22.9 Å². The number of likely N-dealkylation sites (tertiary alicyclic amines) is 1. The summed E-state index contributed by atoms with van der Waals surface area (Å²) in [4.78, 5) is 25.5. The van der Waals surface area contributed by atoms with Gasteiger partial charge in [0.05, 0.1) is 11.8 Å². The first-order chi connectivity index (χ1) is 6.59. The lowest BCUT2D eigenvalue weighted by molar-refractivity contribution is -0.126. The highest BCUT2D eigenvalue weighted by atomic mass is 32.2. The standard InChI is InChI=1S/C8H11FN2O2S/c1-10-2-5(9)6(3-10)11-7(12)4-14-8(11)13/h5-6H,2-4H2,1H3. The molecule has 2 amide bonds. The highest BCUT2D eigenvalue weighted by Gasteiger charge is 2.43. The lowest BCUT2D eigenvalue weighted by Gasteiger charge is -2.22. The van der Waals surface area contributed by atoms with E-state index in [4.69, 9.17) is 0 Å². The van der Waals surface area contributed by atoms with Gasteiger partial charge in [0.15, 0.2) is 0 Å². The van der Waals surface area contributed by atoms with Gasteiger partial charge in [-0.25, -0.2) is 4.39 Å². The number of likely N-dealkylation sites (N-methyl/N-ethyl adjacent to an activating group) is 1. The third-order valence-corrected chi connectivity index (χ3v) is 3.35. The predicted molar refractivity (Wildman–Crippen MR) is 50.9 cm³/mol. The molecular formula is C8H11FN2O2S. The van der Waals surface area contributed by atoms with Gasteiger partial charge in [-0.05, 0) is 7.05 Å². The van der Waals surface area contributed by atoms with E-state index in [0.29, 0.717) is 13.1 Å². The minimum absolute atomic E-state index is 0.158. The second-order valence-corrected chi connectivity index (χ2v) is 4.55. The zero-order chi connectivity index (χ0) is 10.3. The number of carbonyl (C=O) groups is 2. The zero-order valence-corrected chi connectivity index (χ0v) is 8.59. The molecule has 0 aromatic carbocycles. The first-order valence-corrected chi connectivity index (χ1v) is 5.39. The van der Waals surface area contributed by atoms with E-state index < -0.39 is 12.2 Å². The monoisotopic (exact) mass is 218 g/mol. The second kappa shape index (κ2) is 3.51. The molecule has 2 aliphatic rings. The van der Waals surface area contributed by atoms with Crippen molar-refractivity contribution in [3.63, 3.8) is 0 Å². The van der Waals surface area contributed by atoms with Gasteiger partial charge in [0.1, 0.15) is 6.17 Å². The maximum Gasteiger partial charge on any atom is 0.289 e. The second-order valence-electron chi connectivity index (χ2n) is 3.62. The van der Waals surface area contributed by atoms with Crippen LogP contribution in [0, 0.1) is 0 Å². The third-order valence-electron chi connectivity index (χ3n) is 2.52. The first kappa shape index (κ1) is 9.92. The Labute approximate surface area is 85.4 Å². The minimum Gasteiger partial charge on any atom is -0.301 e. The fourth-order valence-electron chi connectivity index (χ4n) is 1.86. The molecule has 0 aliphatic carbocycles. The Morgan fingerprint density at radius 3 is 2.57 bits per heavy atom. The number of hydrogen-bond acceptors (Lipinski definition) is 4. The SMILES string of the molecule is CN1CC(F)C(N2C(=O)CSC2=O)C1. The molecule has 0 aromatic heterocycles. The molecule has 0 N–H and O–H groups in total. The maximum absolute atomic E-state index is 13.4. The van der Waals surface area contributed by atoms with E-state index in [0.717, 1.165) is 16.7 Å². The highest BCUT2D eigenvalue weighted by molar-refractivity contribution is 8.14. The number of nitrogens with zero attached hydrogens (tertiary/aromatic N) is 2. The van der Waals surface area contributed by atoms with Crippen molar-refractivity contribution in [2.24, 2.45) is 0 Å². The fourth-order valence-corrected chi connectivity index (χ4v) is 2.62. The molecule has 2 rings (SSSR count). The summed E-state index contributed by atoms with van der Waals surface area (Å²) in [7, 11) is 1.78. The first-order valence-electron chi connectivity index (χ1n) is 4.41. The van der Waals surface area contributed by atoms with Crippen LogP contribution in [0.25, 0.3) is 0 Å². The van der Waals surface area contributed by atoms with Crippen LogP contribution in [-0.2, 0) is 4.79 Å². The van der Waals surface area contributed by atoms with Crippen molar-refractivity contribution in [1.82, 2.24) is 9.80 Å². The van der Waals surface area contributed by atoms with Crippen LogP contribution in [0.15, 0.2) is 0 Å². The number of thioether (sulfide) groups is 1. The Kier molecular flexibility index (Phi) is 2.48.